The molecule has 0 bridgehead atoms. The molecule has 0 spiro atoms. The minimum absolute atomic E-state index is 0.159. The van der Waals surface area contributed by atoms with E-state index in [9.17, 15) is 4.79 Å². The third-order valence-corrected chi connectivity index (χ3v) is 5.69. The summed E-state index contributed by atoms with van der Waals surface area (Å²) in [7, 11) is 3.48. The van der Waals surface area contributed by atoms with Crippen LogP contribution in [0.4, 0.5) is 4.79 Å². The van der Waals surface area contributed by atoms with Gasteiger partial charge in [-0.05, 0) is 57.1 Å². The fourth-order valence-electron chi connectivity index (χ4n) is 3.59. The number of aryl methyl sites for hydroxylation is 1. The first-order chi connectivity index (χ1) is 14.7. The highest BCUT2D eigenvalue weighted by Gasteiger charge is 2.18. The Morgan fingerprint density at radius 3 is 2.52 bits per heavy atom. The molecule has 2 amide bonds. The second-order valence-electron chi connectivity index (χ2n) is 8.89. The van der Waals surface area contributed by atoms with Crippen LogP contribution in [-0.2, 0) is 0 Å². The maximum absolute atomic E-state index is 12.4. The van der Waals surface area contributed by atoms with Crippen LogP contribution in [0.25, 0.3) is 5.70 Å². The summed E-state index contributed by atoms with van der Waals surface area (Å²) in [6.07, 6.45) is 7.13. The fraction of sp³-hybridized carbons (Fsp3) is 0.652. The fourth-order valence-corrected chi connectivity index (χ4v) is 3.59. The Labute approximate surface area is 187 Å². The lowest BCUT2D eigenvalue weighted by Crippen LogP contribution is -2.42. The van der Waals surface area contributed by atoms with Crippen LogP contribution in [0.3, 0.4) is 0 Å². The van der Waals surface area contributed by atoms with E-state index in [2.05, 4.69) is 24.1 Å². The van der Waals surface area contributed by atoms with Gasteiger partial charge in [-0.15, -0.1) is 0 Å². The van der Waals surface area contributed by atoms with Gasteiger partial charge in [0.1, 0.15) is 5.75 Å². The van der Waals surface area contributed by atoms with Crippen molar-refractivity contribution in [1.82, 2.24) is 20.2 Å². The van der Waals surface area contributed by atoms with Gasteiger partial charge in [-0.25, -0.2) is 15.6 Å². The Hall–Kier alpha value is -2.48. The van der Waals surface area contributed by atoms with Gasteiger partial charge in [0.2, 0.25) is 0 Å². The molecule has 0 atom stereocenters. The third kappa shape index (κ3) is 7.61. The quantitative estimate of drug-likeness (QED) is 0.408. The van der Waals surface area contributed by atoms with Crippen molar-refractivity contribution in [2.75, 3.05) is 27.2 Å². The number of nitrogens with two attached hydrogens (primary N) is 2. The molecule has 1 aliphatic carbocycles. The summed E-state index contributed by atoms with van der Waals surface area (Å²) in [4.78, 5) is 18.7. The van der Waals surface area contributed by atoms with E-state index in [4.69, 9.17) is 16.3 Å². The van der Waals surface area contributed by atoms with Crippen molar-refractivity contribution in [1.29, 1.82) is 0 Å². The number of urea groups is 1. The lowest BCUT2D eigenvalue weighted by molar-refractivity contribution is 0.153. The third-order valence-electron chi connectivity index (χ3n) is 5.69. The molecule has 0 aromatic carbocycles. The molecule has 31 heavy (non-hydrogen) atoms. The molecule has 1 fully saturated rings. The molecule has 174 valence electrons. The van der Waals surface area contributed by atoms with Crippen molar-refractivity contribution in [3.8, 4) is 5.75 Å². The van der Waals surface area contributed by atoms with Crippen LogP contribution in [0.15, 0.2) is 17.8 Å². The molecule has 1 aromatic heterocycles. The Kier molecular flexibility index (Phi) is 9.43. The van der Waals surface area contributed by atoms with E-state index in [1.165, 1.54) is 24.3 Å². The molecule has 8 nitrogen and oxygen atoms in total. The van der Waals surface area contributed by atoms with E-state index in [0.717, 1.165) is 30.7 Å². The van der Waals surface area contributed by atoms with Gasteiger partial charge in [0.05, 0.1) is 35.4 Å². The van der Waals surface area contributed by atoms with Gasteiger partial charge in [0.25, 0.3) is 0 Å². The van der Waals surface area contributed by atoms with E-state index in [-0.39, 0.29) is 18.7 Å². The molecular formula is C23H40N6O2. The number of hydrogen-bond acceptors (Lipinski definition) is 6. The highest BCUT2D eigenvalue weighted by atomic mass is 16.5. The number of amides is 2. The molecule has 0 aliphatic heterocycles. The number of aromatic nitrogens is 1. The van der Waals surface area contributed by atoms with Gasteiger partial charge in [-0.1, -0.05) is 20.3 Å². The van der Waals surface area contributed by atoms with Crippen LogP contribution < -0.4 is 21.6 Å². The molecule has 8 heteroatoms. The molecule has 1 aromatic rings. The van der Waals surface area contributed by atoms with Crippen molar-refractivity contribution < 1.29 is 9.53 Å². The van der Waals surface area contributed by atoms with Crippen molar-refractivity contribution in [2.24, 2.45) is 17.5 Å². The number of nitrogens with zero attached hydrogens (tertiary/aromatic N) is 3. The number of pyridine rings is 1. The number of rotatable bonds is 9. The average molecular weight is 433 g/mol. The Bertz CT molecular complexity index is 756. The van der Waals surface area contributed by atoms with Gasteiger partial charge in [0, 0.05) is 20.6 Å². The minimum Gasteiger partial charge on any atom is -0.489 e. The second kappa shape index (κ2) is 11.8. The smallest absolute Gasteiger partial charge is 0.317 e. The summed E-state index contributed by atoms with van der Waals surface area (Å²) >= 11 is 0. The number of carbonyl (C=O) groups excluding carboxylic acids is 1. The van der Waals surface area contributed by atoms with E-state index in [1.54, 1.807) is 19.0 Å². The molecule has 5 N–H and O–H groups in total. The standard InChI is InChI=1S/C23H40N6O2/c1-16(2)13-14-28(4)23(30)26-15-20(29(5)25)22(24)19-11-12-21(17(3)27-19)31-18-9-7-6-8-10-18/h11-12,16,18H,6-10,13-15,24-25H2,1-5H3,(H,26,30)/b22-20-. The van der Waals surface area contributed by atoms with Crippen molar-refractivity contribution in [3.05, 3.63) is 29.2 Å². The maximum Gasteiger partial charge on any atom is 0.317 e. The number of carbonyl (C=O) groups is 1. The molecule has 2 rings (SSSR count). The van der Waals surface area contributed by atoms with E-state index < -0.39 is 0 Å². The first-order valence-electron chi connectivity index (χ1n) is 11.3. The predicted octanol–water partition coefficient (Wildman–Crippen LogP) is 3.22. The van der Waals surface area contributed by atoms with Gasteiger partial charge < -0.3 is 25.7 Å². The van der Waals surface area contributed by atoms with Crippen LogP contribution in [-0.4, -0.2) is 54.2 Å². The monoisotopic (exact) mass is 432 g/mol. The topological polar surface area (TPSA) is 110 Å². The van der Waals surface area contributed by atoms with Gasteiger partial charge >= 0.3 is 6.03 Å². The highest BCUT2D eigenvalue weighted by molar-refractivity contribution is 5.74. The summed E-state index contributed by atoms with van der Waals surface area (Å²) in [5, 5.41) is 4.32. The van der Waals surface area contributed by atoms with Crippen molar-refractivity contribution in [2.45, 2.75) is 65.4 Å². The normalized spacial score (nSPS) is 15.5. The van der Waals surface area contributed by atoms with Crippen LogP contribution >= 0.6 is 0 Å². The Morgan fingerprint density at radius 2 is 1.94 bits per heavy atom. The summed E-state index contributed by atoms with van der Waals surface area (Å²) < 4.78 is 6.16. The Balaban J connectivity index is 2.07. The summed E-state index contributed by atoms with van der Waals surface area (Å²) in [6.45, 7) is 7.10. The maximum atomic E-state index is 12.4. The molecule has 1 aliphatic rings. The van der Waals surface area contributed by atoms with E-state index in [0.29, 0.717) is 29.6 Å². The zero-order chi connectivity index (χ0) is 23.0. The van der Waals surface area contributed by atoms with Crippen LogP contribution in [0.5, 0.6) is 5.75 Å². The number of ether oxygens (including phenoxy) is 1. The highest BCUT2D eigenvalue weighted by Crippen LogP contribution is 2.26. The predicted molar refractivity (Wildman–Crippen MR) is 125 cm³/mol. The van der Waals surface area contributed by atoms with Crippen molar-refractivity contribution >= 4 is 11.7 Å². The number of hydrogen-bond donors (Lipinski definition) is 3. The molecule has 1 saturated carbocycles. The second-order valence-corrected chi connectivity index (χ2v) is 8.89. The molecule has 1 heterocycles. The van der Waals surface area contributed by atoms with E-state index >= 15 is 0 Å². The summed E-state index contributed by atoms with van der Waals surface area (Å²) in [5.41, 5.74) is 8.83. The van der Waals surface area contributed by atoms with Gasteiger partial charge in [-0.3, -0.25) is 0 Å². The Morgan fingerprint density at radius 1 is 1.26 bits per heavy atom. The van der Waals surface area contributed by atoms with E-state index in [1.807, 2.05) is 19.1 Å². The minimum atomic E-state index is -0.159. The molecule has 0 unspecified atom stereocenters. The zero-order valence-electron chi connectivity index (χ0n) is 19.8. The largest absolute Gasteiger partial charge is 0.489 e. The summed E-state index contributed by atoms with van der Waals surface area (Å²) in [5.74, 6) is 7.34. The van der Waals surface area contributed by atoms with Crippen molar-refractivity contribution in [3.63, 3.8) is 0 Å². The zero-order valence-corrected chi connectivity index (χ0v) is 19.8. The first-order valence-corrected chi connectivity index (χ1v) is 11.3. The lowest BCUT2D eigenvalue weighted by Gasteiger charge is -2.24. The number of hydrazine groups is 1. The van der Waals surface area contributed by atoms with Gasteiger partial charge in [-0.2, -0.15) is 0 Å². The van der Waals surface area contributed by atoms with Crippen LogP contribution in [0, 0.1) is 12.8 Å². The number of likely N-dealkylation sites (N-methyl/N-ethyl adjacent to an activating group) is 1. The molecular weight excluding hydrogens is 392 g/mol. The molecule has 0 saturated heterocycles. The first kappa shape index (κ1) is 24.8. The van der Waals surface area contributed by atoms with Crippen LogP contribution in [0.1, 0.15) is 63.8 Å². The number of nitrogens with one attached hydrogen (secondary N) is 1. The van der Waals surface area contributed by atoms with Crippen LogP contribution in [0.2, 0.25) is 0 Å². The average Bonchev–Trinajstić information content (AvgIpc) is 2.73. The molecule has 0 radical (unpaired) electrons. The SMILES string of the molecule is Cc1nc(/C(N)=C(\CNC(=O)N(C)CCC(C)C)N(C)N)ccc1OC1CCCCC1. The lowest BCUT2D eigenvalue weighted by atomic mass is 9.98. The van der Waals surface area contributed by atoms with Gasteiger partial charge in [0.15, 0.2) is 0 Å². The summed E-state index contributed by atoms with van der Waals surface area (Å²) in [6, 6.07) is 3.61.